The van der Waals surface area contributed by atoms with Crippen molar-refractivity contribution in [2.45, 2.75) is 84.0 Å². The van der Waals surface area contributed by atoms with Gasteiger partial charge in [-0.05, 0) is 68.4 Å². The summed E-state index contributed by atoms with van der Waals surface area (Å²) in [6.07, 6.45) is 2.00. The lowest BCUT2D eigenvalue weighted by Crippen LogP contribution is -2.62. The predicted molar refractivity (Wildman–Crippen MR) is 83.9 cm³/mol. The second-order valence-electron chi connectivity index (χ2n) is 8.52. The fourth-order valence-corrected chi connectivity index (χ4v) is 3.11. The second kappa shape index (κ2) is 6.23. The maximum absolute atomic E-state index is 11.9. The molecule has 0 amide bonds. The average Bonchev–Trinajstić information content (AvgIpc) is 2.21. The van der Waals surface area contributed by atoms with E-state index in [9.17, 15) is 4.79 Å². The average molecular weight is 300 g/mol. The molecule has 1 heterocycles. The van der Waals surface area contributed by atoms with Crippen LogP contribution in [0.25, 0.3) is 0 Å². The quantitative estimate of drug-likeness (QED) is 0.638. The molecule has 1 saturated heterocycles. The molecule has 0 unspecified atom stereocenters. The number of carbonyl (C=O) groups excluding carboxylic acids is 1. The van der Waals surface area contributed by atoms with Crippen LogP contribution in [-0.2, 0) is 14.6 Å². The third kappa shape index (κ3) is 6.76. The molecule has 0 saturated carbocycles. The normalized spacial score (nSPS) is 22.3. The van der Waals surface area contributed by atoms with Gasteiger partial charge in [0.2, 0.25) is 0 Å². The van der Waals surface area contributed by atoms with E-state index in [1.165, 1.54) is 0 Å². The minimum atomic E-state index is -0.479. The van der Waals surface area contributed by atoms with E-state index < -0.39 is 5.60 Å². The number of piperidine rings is 1. The summed E-state index contributed by atoms with van der Waals surface area (Å²) in [6.45, 7) is 14.6. The summed E-state index contributed by atoms with van der Waals surface area (Å²) in [4.78, 5) is 23.9. The summed E-state index contributed by atoms with van der Waals surface area (Å²) in [7, 11) is 1.97. The third-order valence-electron chi connectivity index (χ3n) is 3.56. The molecule has 21 heavy (non-hydrogen) atoms. The smallest absolute Gasteiger partial charge is 0.307 e. The van der Waals surface area contributed by atoms with Crippen molar-refractivity contribution in [2.24, 2.45) is 0 Å². The Morgan fingerprint density at radius 1 is 1.19 bits per heavy atom. The standard InChI is InChI=1S/C16H32N2O3/c1-14(2,3)21-20-13(19)11-18(8)12-9-15(4,5)17-16(6,7)10-12/h12,17H,9-11H2,1-8H3. The van der Waals surface area contributed by atoms with Crippen molar-refractivity contribution >= 4 is 5.97 Å². The van der Waals surface area contributed by atoms with Gasteiger partial charge in [-0.15, -0.1) is 0 Å². The van der Waals surface area contributed by atoms with Gasteiger partial charge in [-0.1, -0.05) is 0 Å². The second-order valence-corrected chi connectivity index (χ2v) is 8.52. The Bertz CT molecular complexity index is 356. The fourth-order valence-electron chi connectivity index (χ4n) is 3.11. The molecular formula is C16H32N2O3. The monoisotopic (exact) mass is 300 g/mol. The van der Waals surface area contributed by atoms with Crippen LogP contribution in [0.2, 0.25) is 0 Å². The van der Waals surface area contributed by atoms with Gasteiger partial charge < -0.3 is 5.32 Å². The molecule has 0 radical (unpaired) electrons. The van der Waals surface area contributed by atoms with Gasteiger partial charge in [0, 0.05) is 17.1 Å². The Kier molecular flexibility index (Phi) is 5.45. The molecule has 0 aromatic rings. The van der Waals surface area contributed by atoms with Crippen molar-refractivity contribution in [3.63, 3.8) is 0 Å². The van der Waals surface area contributed by atoms with Crippen molar-refractivity contribution < 1.29 is 14.6 Å². The number of carbonyl (C=O) groups is 1. The highest BCUT2D eigenvalue weighted by molar-refractivity contribution is 5.71. The molecule has 1 N–H and O–H groups in total. The van der Waals surface area contributed by atoms with E-state index in [2.05, 4.69) is 37.9 Å². The first kappa shape index (κ1) is 18.4. The lowest BCUT2D eigenvalue weighted by molar-refractivity contribution is -0.320. The van der Waals surface area contributed by atoms with Crippen LogP contribution in [0.5, 0.6) is 0 Å². The van der Waals surface area contributed by atoms with Crippen LogP contribution in [-0.4, -0.2) is 47.2 Å². The van der Waals surface area contributed by atoms with E-state index >= 15 is 0 Å². The topological polar surface area (TPSA) is 50.8 Å². The van der Waals surface area contributed by atoms with Crippen molar-refractivity contribution in [1.82, 2.24) is 10.2 Å². The molecule has 1 fully saturated rings. The van der Waals surface area contributed by atoms with E-state index in [0.717, 1.165) is 12.8 Å². The zero-order valence-electron chi connectivity index (χ0n) is 14.9. The number of rotatable bonds is 4. The summed E-state index contributed by atoms with van der Waals surface area (Å²) in [6, 6.07) is 0.346. The maximum atomic E-state index is 11.9. The summed E-state index contributed by atoms with van der Waals surface area (Å²) in [5.74, 6) is -0.346. The largest absolute Gasteiger partial charge is 0.356 e. The molecule has 5 heteroatoms. The Hall–Kier alpha value is -0.650. The molecule has 5 nitrogen and oxygen atoms in total. The van der Waals surface area contributed by atoms with Gasteiger partial charge >= 0.3 is 5.97 Å². The molecule has 0 aliphatic carbocycles. The van der Waals surface area contributed by atoms with Crippen molar-refractivity contribution in [3.8, 4) is 0 Å². The molecular weight excluding hydrogens is 268 g/mol. The molecule has 124 valence electrons. The van der Waals surface area contributed by atoms with Crippen LogP contribution in [0.3, 0.4) is 0 Å². The highest BCUT2D eigenvalue weighted by Gasteiger charge is 2.39. The number of likely N-dealkylation sites (N-methyl/N-ethyl adjacent to an activating group) is 1. The highest BCUT2D eigenvalue weighted by atomic mass is 17.2. The SMILES string of the molecule is CN(CC(=O)OOC(C)(C)C)C1CC(C)(C)NC(C)(C)C1. The van der Waals surface area contributed by atoms with Crippen LogP contribution in [0, 0.1) is 0 Å². The molecule has 0 atom stereocenters. The van der Waals surface area contributed by atoms with E-state index in [1.807, 2.05) is 27.8 Å². The summed E-state index contributed by atoms with van der Waals surface area (Å²) < 4.78 is 0. The zero-order chi connectivity index (χ0) is 16.5. The van der Waals surface area contributed by atoms with Crippen LogP contribution >= 0.6 is 0 Å². The third-order valence-corrected chi connectivity index (χ3v) is 3.56. The van der Waals surface area contributed by atoms with E-state index in [-0.39, 0.29) is 23.6 Å². The molecule has 0 aromatic heterocycles. The summed E-state index contributed by atoms with van der Waals surface area (Å²) in [5.41, 5.74) is -0.355. The van der Waals surface area contributed by atoms with Gasteiger partial charge in [0.15, 0.2) is 0 Å². The molecule has 1 aliphatic heterocycles. The van der Waals surface area contributed by atoms with E-state index in [0.29, 0.717) is 6.04 Å². The van der Waals surface area contributed by atoms with E-state index in [1.54, 1.807) is 0 Å². The Morgan fingerprint density at radius 2 is 1.67 bits per heavy atom. The molecule has 0 spiro atoms. The van der Waals surface area contributed by atoms with Crippen LogP contribution in [0.15, 0.2) is 0 Å². The minimum Gasteiger partial charge on any atom is -0.307 e. The van der Waals surface area contributed by atoms with Gasteiger partial charge in [0.1, 0.15) is 12.1 Å². The summed E-state index contributed by atoms with van der Waals surface area (Å²) in [5, 5.41) is 3.65. The van der Waals surface area contributed by atoms with Crippen molar-refractivity contribution in [1.29, 1.82) is 0 Å². The predicted octanol–water partition coefficient (Wildman–Crippen LogP) is 2.50. The lowest BCUT2D eigenvalue weighted by atomic mass is 9.79. The first-order valence-corrected chi connectivity index (χ1v) is 7.68. The van der Waals surface area contributed by atoms with Gasteiger partial charge in [-0.3, -0.25) is 9.79 Å². The van der Waals surface area contributed by atoms with Gasteiger partial charge in [-0.2, -0.15) is 4.89 Å². The Labute approximate surface area is 129 Å². The fraction of sp³-hybridized carbons (Fsp3) is 0.938. The summed E-state index contributed by atoms with van der Waals surface area (Å²) >= 11 is 0. The van der Waals surface area contributed by atoms with Crippen molar-refractivity contribution in [2.75, 3.05) is 13.6 Å². The Morgan fingerprint density at radius 3 is 2.10 bits per heavy atom. The van der Waals surface area contributed by atoms with Crippen molar-refractivity contribution in [3.05, 3.63) is 0 Å². The number of hydrogen-bond donors (Lipinski definition) is 1. The van der Waals surface area contributed by atoms with Gasteiger partial charge in [-0.25, -0.2) is 4.79 Å². The van der Waals surface area contributed by atoms with E-state index in [4.69, 9.17) is 9.78 Å². The number of nitrogens with one attached hydrogen (secondary N) is 1. The minimum absolute atomic E-state index is 0.0620. The molecule has 1 aliphatic rings. The first-order valence-electron chi connectivity index (χ1n) is 7.68. The molecule has 1 rings (SSSR count). The number of hydrogen-bond acceptors (Lipinski definition) is 5. The van der Waals surface area contributed by atoms with Crippen LogP contribution in [0.4, 0.5) is 0 Å². The molecule has 0 aromatic carbocycles. The first-order chi connectivity index (χ1) is 9.30. The lowest BCUT2D eigenvalue weighted by Gasteiger charge is -2.48. The van der Waals surface area contributed by atoms with Gasteiger partial charge in [0.05, 0.1) is 0 Å². The van der Waals surface area contributed by atoms with Crippen LogP contribution < -0.4 is 5.32 Å². The van der Waals surface area contributed by atoms with Gasteiger partial charge in [0.25, 0.3) is 0 Å². The highest BCUT2D eigenvalue weighted by Crippen LogP contribution is 2.30. The maximum Gasteiger partial charge on any atom is 0.356 e. The Balaban J connectivity index is 2.54. The molecule has 0 bridgehead atoms. The number of nitrogens with zero attached hydrogens (tertiary/aromatic N) is 1. The zero-order valence-corrected chi connectivity index (χ0v) is 14.9. The van der Waals surface area contributed by atoms with Crippen LogP contribution in [0.1, 0.15) is 61.3 Å².